The molecule has 2 saturated heterocycles. The van der Waals surface area contributed by atoms with Gasteiger partial charge >= 0.3 is 0 Å². The first-order valence-corrected chi connectivity index (χ1v) is 7.47. The van der Waals surface area contributed by atoms with E-state index in [0.29, 0.717) is 30.3 Å². The summed E-state index contributed by atoms with van der Waals surface area (Å²) < 4.78 is 5.99. The highest BCUT2D eigenvalue weighted by atomic mass is 35.5. The fraction of sp³-hybridized carbons (Fsp3) is 0.533. The Morgan fingerprint density at radius 2 is 2.00 bits per heavy atom. The van der Waals surface area contributed by atoms with E-state index in [1.54, 1.807) is 12.1 Å². The normalized spacial score (nSPS) is 20.9. The molecule has 0 aromatic heterocycles. The molecule has 1 aromatic carbocycles. The van der Waals surface area contributed by atoms with Gasteiger partial charge in [0.15, 0.2) is 0 Å². The minimum atomic E-state index is -0.166. The minimum Gasteiger partial charge on any atom is -0.371 e. The van der Waals surface area contributed by atoms with Gasteiger partial charge in [-0.05, 0) is 38.1 Å². The number of ether oxygens (including phenoxy) is 1. The summed E-state index contributed by atoms with van der Waals surface area (Å²) in [6.45, 7) is 3.82. The second-order valence-corrected chi connectivity index (χ2v) is 5.90. The van der Waals surface area contributed by atoms with Gasteiger partial charge in [-0.1, -0.05) is 23.7 Å². The summed E-state index contributed by atoms with van der Waals surface area (Å²) in [5.74, 6) is 0.0109. The lowest BCUT2D eigenvalue weighted by Crippen LogP contribution is -2.57. The van der Waals surface area contributed by atoms with Crippen molar-refractivity contribution in [3.63, 3.8) is 0 Å². The van der Waals surface area contributed by atoms with Gasteiger partial charge in [-0.25, -0.2) is 0 Å². The van der Waals surface area contributed by atoms with E-state index < -0.39 is 0 Å². The number of morpholine rings is 1. The van der Waals surface area contributed by atoms with E-state index in [9.17, 15) is 4.79 Å². The SMILES string of the molecule is Cl.O=C(c1ccccc1Cl)N1CCOC2(CCNCC2)C1. The van der Waals surface area contributed by atoms with Gasteiger partial charge in [0.05, 0.1) is 29.3 Å². The molecule has 2 heterocycles. The second-order valence-electron chi connectivity index (χ2n) is 5.49. The van der Waals surface area contributed by atoms with E-state index >= 15 is 0 Å². The zero-order valence-electron chi connectivity index (χ0n) is 11.8. The van der Waals surface area contributed by atoms with Crippen LogP contribution in [0.3, 0.4) is 0 Å². The van der Waals surface area contributed by atoms with Crippen molar-refractivity contribution in [3.8, 4) is 0 Å². The van der Waals surface area contributed by atoms with Crippen LogP contribution in [-0.4, -0.2) is 49.2 Å². The first-order chi connectivity index (χ1) is 9.70. The molecule has 1 aromatic rings. The zero-order valence-corrected chi connectivity index (χ0v) is 13.4. The molecule has 0 unspecified atom stereocenters. The summed E-state index contributed by atoms with van der Waals surface area (Å²) in [6, 6.07) is 7.23. The van der Waals surface area contributed by atoms with Crippen LogP contribution in [-0.2, 0) is 4.74 Å². The van der Waals surface area contributed by atoms with Crippen molar-refractivity contribution in [3.05, 3.63) is 34.9 Å². The number of rotatable bonds is 1. The highest BCUT2D eigenvalue weighted by Crippen LogP contribution is 2.29. The molecule has 3 rings (SSSR count). The van der Waals surface area contributed by atoms with Crippen molar-refractivity contribution in [2.75, 3.05) is 32.8 Å². The summed E-state index contributed by atoms with van der Waals surface area (Å²) >= 11 is 6.13. The lowest BCUT2D eigenvalue weighted by atomic mass is 9.90. The Kier molecular flexibility index (Phi) is 5.49. The average molecular weight is 331 g/mol. The van der Waals surface area contributed by atoms with E-state index in [1.807, 2.05) is 17.0 Å². The number of carbonyl (C=O) groups is 1. The van der Waals surface area contributed by atoms with E-state index in [-0.39, 0.29) is 23.9 Å². The van der Waals surface area contributed by atoms with Crippen LogP contribution in [0.25, 0.3) is 0 Å². The van der Waals surface area contributed by atoms with Crippen molar-refractivity contribution in [2.24, 2.45) is 0 Å². The molecule has 0 atom stereocenters. The van der Waals surface area contributed by atoms with Gasteiger partial charge < -0.3 is 15.0 Å². The summed E-state index contributed by atoms with van der Waals surface area (Å²) in [7, 11) is 0. The third kappa shape index (κ3) is 3.51. The van der Waals surface area contributed by atoms with Crippen LogP contribution in [0.2, 0.25) is 5.02 Å². The number of hydrogen-bond acceptors (Lipinski definition) is 3. The molecule has 21 heavy (non-hydrogen) atoms. The maximum absolute atomic E-state index is 12.6. The largest absolute Gasteiger partial charge is 0.371 e. The summed E-state index contributed by atoms with van der Waals surface area (Å²) in [4.78, 5) is 14.5. The third-order valence-electron chi connectivity index (χ3n) is 4.15. The quantitative estimate of drug-likeness (QED) is 0.859. The van der Waals surface area contributed by atoms with Crippen LogP contribution in [0.4, 0.5) is 0 Å². The van der Waals surface area contributed by atoms with Gasteiger partial charge in [-0.15, -0.1) is 12.4 Å². The Morgan fingerprint density at radius 3 is 2.71 bits per heavy atom. The maximum atomic E-state index is 12.6. The predicted octanol–water partition coefficient (Wildman–Crippen LogP) is 2.36. The van der Waals surface area contributed by atoms with Crippen LogP contribution in [0, 0.1) is 0 Å². The fourth-order valence-corrected chi connectivity index (χ4v) is 3.22. The summed E-state index contributed by atoms with van der Waals surface area (Å²) in [5, 5.41) is 3.85. The highest BCUT2D eigenvalue weighted by Gasteiger charge is 2.39. The van der Waals surface area contributed by atoms with Gasteiger partial charge in [0, 0.05) is 6.54 Å². The van der Waals surface area contributed by atoms with Gasteiger partial charge in [-0.2, -0.15) is 0 Å². The second kappa shape index (κ2) is 6.97. The number of piperidine rings is 1. The van der Waals surface area contributed by atoms with Gasteiger partial charge in [0.2, 0.25) is 0 Å². The van der Waals surface area contributed by atoms with Gasteiger partial charge in [0.1, 0.15) is 0 Å². The van der Waals surface area contributed by atoms with Gasteiger partial charge in [-0.3, -0.25) is 4.79 Å². The number of amides is 1. The smallest absolute Gasteiger partial charge is 0.255 e. The molecule has 0 radical (unpaired) electrons. The fourth-order valence-electron chi connectivity index (χ4n) is 3.01. The number of carbonyl (C=O) groups excluding carboxylic acids is 1. The Morgan fingerprint density at radius 1 is 1.29 bits per heavy atom. The van der Waals surface area contributed by atoms with Crippen LogP contribution in [0.15, 0.2) is 24.3 Å². The van der Waals surface area contributed by atoms with Crippen LogP contribution in [0.1, 0.15) is 23.2 Å². The lowest BCUT2D eigenvalue weighted by Gasteiger charge is -2.45. The van der Waals surface area contributed by atoms with Crippen molar-refractivity contribution in [2.45, 2.75) is 18.4 Å². The molecule has 1 N–H and O–H groups in total. The van der Waals surface area contributed by atoms with Crippen molar-refractivity contribution in [1.82, 2.24) is 10.2 Å². The Hall–Kier alpha value is -0.810. The standard InChI is InChI=1S/C15H19ClN2O2.ClH/c16-13-4-2-1-3-12(13)14(19)18-9-10-20-15(11-18)5-7-17-8-6-15;/h1-4,17H,5-11H2;1H. The summed E-state index contributed by atoms with van der Waals surface area (Å²) in [6.07, 6.45) is 1.92. The van der Waals surface area contributed by atoms with E-state index in [2.05, 4.69) is 5.32 Å². The third-order valence-corrected chi connectivity index (χ3v) is 4.48. The molecule has 2 fully saturated rings. The molecule has 116 valence electrons. The average Bonchev–Trinajstić information content (AvgIpc) is 2.48. The molecule has 1 amide bonds. The van der Waals surface area contributed by atoms with Crippen LogP contribution >= 0.6 is 24.0 Å². The Labute approximate surface area is 136 Å². The maximum Gasteiger partial charge on any atom is 0.255 e. The molecule has 4 nitrogen and oxygen atoms in total. The molecule has 2 aliphatic rings. The minimum absolute atomic E-state index is 0. The Bertz CT molecular complexity index is 499. The molecule has 2 aliphatic heterocycles. The highest BCUT2D eigenvalue weighted by molar-refractivity contribution is 6.33. The van der Waals surface area contributed by atoms with Crippen molar-refractivity contribution in [1.29, 1.82) is 0 Å². The van der Waals surface area contributed by atoms with Crippen molar-refractivity contribution >= 4 is 29.9 Å². The number of nitrogens with one attached hydrogen (secondary N) is 1. The topological polar surface area (TPSA) is 41.6 Å². The number of benzene rings is 1. The number of halogens is 2. The first-order valence-electron chi connectivity index (χ1n) is 7.09. The predicted molar refractivity (Wildman–Crippen MR) is 85.4 cm³/mol. The molecular formula is C15H20Cl2N2O2. The number of hydrogen-bond donors (Lipinski definition) is 1. The molecule has 1 spiro atoms. The van der Waals surface area contributed by atoms with E-state index in [1.165, 1.54) is 0 Å². The van der Waals surface area contributed by atoms with Crippen molar-refractivity contribution < 1.29 is 9.53 Å². The molecule has 6 heteroatoms. The number of nitrogens with zero attached hydrogens (tertiary/aromatic N) is 1. The van der Waals surface area contributed by atoms with Crippen LogP contribution in [0.5, 0.6) is 0 Å². The summed E-state index contributed by atoms with van der Waals surface area (Å²) in [5.41, 5.74) is 0.417. The Balaban J connectivity index is 0.00000161. The molecular weight excluding hydrogens is 311 g/mol. The monoisotopic (exact) mass is 330 g/mol. The van der Waals surface area contributed by atoms with E-state index in [4.69, 9.17) is 16.3 Å². The van der Waals surface area contributed by atoms with Gasteiger partial charge in [0.25, 0.3) is 5.91 Å². The first kappa shape index (κ1) is 16.6. The molecule has 0 saturated carbocycles. The molecule has 0 aliphatic carbocycles. The van der Waals surface area contributed by atoms with Crippen LogP contribution < -0.4 is 5.32 Å². The van der Waals surface area contributed by atoms with E-state index in [0.717, 1.165) is 25.9 Å². The lowest BCUT2D eigenvalue weighted by molar-refractivity contribution is -0.114. The zero-order chi connectivity index (χ0) is 14.0. The molecule has 0 bridgehead atoms.